The van der Waals surface area contributed by atoms with Gasteiger partial charge in [-0.15, -0.1) is 0 Å². The summed E-state index contributed by atoms with van der Waals surface area (Å²) >= 11 is 0. The first kappa shape index (κ1) is 10.0. The van der Waals surface area contributed by atoms with Crippen LogP contribution < -0.4 is 0 Å². The summed E-state index contributed by atoms with van der Waals surface area (Å²) in [4.78, 5) is 21.6. The van der Waals surface area contributed by atoms with Crippen molar-refractivity contribution in [2.24, 2.45) is 5.92 Å². The quantitative estimate of drug-likeness (QED) is 0.598. The largest absolute Gasteiger partial charge is 0.469 e. The highest BCUT2D eigenvalue weighted by atomic mass is 16.5. The molecule has 0 heterocycles. The predicted octanol–water partition coefficient (Wildman–Crippen LogP) is 0.893. The molecule has 1 aliphatic rings. The molecule has 0 N–H and O–H groups in total. The van der Waals surface area contributed by atoms with E-state index in [4.69, 9.17) is 4.74 Å². The van der Waals surface area contributed by atoms with Crippen LogP contribution in [-0.4, -0.2) is 25.7 Å². The van der Waals surface area contributed by atoms with Gasteiger partial charge < -0.3 is 9.47 Å². The van der Waals surface area contributed by atoms with Crippen LogP contribution in [0.5, 0.6) is 0 Å². The lowest BCUT2D eigenvalue weighted by atomic mass is 10.3. The number of methoxy groups -OCH3 is 1. The molecule has 0 aliphatic heterocycles. The molecule has 4 heteroatoms. The van der Waals surface area contributed by atoms with Gasteiger partial charge in [-0.3, -0.25) is 9.59 Å². The molecule has 4 nitrogen and oxygen atoms in total. The smallest absolute Gasteiger partial charge is 0.306 e. The Balaban J connectivity index is 1.99. The van der Waals surface area contributed by atoms with Crippen molar-refractivity contribution in [3.63, 3.8) is 0 Å². The fourth-order valence-electron chi connectivity index (χ4n) is 0.874. The van der Waals surface area contributed by atoms with E-state index < -0.39 is 0 Å². The van der Waals surface area contributed by atoms with Crippen LogP contribution in [0.25, 0.3) is 0 Å². The molecule has 0 aromatic heterocycles. The number of hydrogen-bond acceptors (Lipinski definition) is 4. The molecule has 0 unspecified atom stereocenters. The van der Waals surface area contributed by atoms with Crippen molar-refractivity contribution < 1.29 is 19.1 Å². The number of carbonyl (C=O) groups excluding carboxylic acids is 2. The summed E-state index contributed by atoms with van der Waals surface area (Å²) in [5, 5.41) is 0. The van der Waals surface area contributed by atoms with Crippen LogP contribution in [0.4, 0.5) is 0 Å². The summed E-state index contributed by atoms with van der Waals surface area (Å²) in [5.74, 6) is -0.109. The minimum atomic E-state index is -0.372. The fraction of sp³-hybridized carbons (Fsp3) is 0.778. The van der Waals surface area contributed by atoms with Crippen LogP contribution in [0.2, 0.25) is 0 Å². The normalized spacial score (nSPS) is 15.2. The Morgan fingerprint density at radius 1 is 1.23 bits per heavy atom. The van der Waals surface area contributed by atoms with Gasteiger partial charge in [-0.2, -0.15) is 0 Å². The second kappa shape index (κ2) is 4.84. The summed E-state index contributed by atoms with van der Waals surface area (Å²) in [7, 11) is 1.30. The van der Waals surface area contributed by atoms with E-state index in [9.17, 15) is 9.59 Å². The van der Waals surface area contributed by atoms with Crippen molar-refractivity contribution in [1.82, 2.24) is 0 Å². The highest BCUT2D eigenvalue weighted by molar-refractivity contribution is 5.77. The Kier molecular flexibility index (Phi) is 3.73. The van der Waals surface area contributed by atoms with E-state index in [-0.39, 0.29) is 24.8 Å². The molecular formula is C9H14O4. The van der Waals surface area contributed by atoms with E-state index in [0.29, 0.717) is 12.5 Å². The van der Waals surface area contributed by atoms with E-state index in [2.05, 4.69) is 4.74 Å². The van der Waals surface area contributed by atoms with Gasteiger partial charge in [0.15, 0.2) is 0 Å². The zero-order valence-electron chi connectivity index (χ0n) is 7.75. The minimum Gasteiger partial charge on any atom is -0.469 e. The molecule has 0 atom stereocenters. The van der Waals surface area contributed by atoms with Crippen LogP contribution >= 0.6 is 0 Å². The Morgan fingerprint density at radius 2 is 1.85 bits per heavy atom. The Labute approximate surface area is 77.2 Å². The maximum atomic E-state index is 11.0. The highest BCUT2D eigenvalue weighted by Gasteiger charge is 2.23. The summed E-state index contributed by atoms with van der Waals surface area (Å²) in [5.41, 5.74) is 0. The van der Waals surface area contributed by atoms with Gasteiger partial charge in [0.25, 0.3) is 0 Å². The average molecular weight is 186 g/mol. The van der Waals surface area contributed by atoms with Crippen LogP contribution in [0.3, 0.4) is 0 Å². The molecule has 1 fully saturated rings. The topological polar surface area (TPSA) is 52.6 Å². The lowest BCUT2D eigenvalue weighted by molar-refractivity contribution is -0.149. The number of ether oxygens (including phenoxy) is 2. The lowest BCUT2D eigenvalue weighted by Gasteiger charge is -2.02. The van der Waals surface area contributed by atoms with Gasteiger partial charge >= 0.3 is 11.9 Å². The zero-order chi connectivity index (χ0) is 9.68. The second-order valence-corrected chi connectivity index (χ2v) is 3.20. The molecule has 74 valence electrons. The average Bonchev–Trinajstić information content (AvgIpc) is 2.94. The Bertz CT molecular complexity index is 196. The lowest BCUT2D eigenvalue weighted by Crippen LogP contribution is -2.10. The van der Waals surface area contributed by atoms with E-state index in [1.807, 2.05) is 0 Å². The molecule has 0 saturated heterocycles. The summed E-state index contributed by atoms with van der Waals surface area (Å²) in [6.07, 6.45) is 2.55. The molecule has 1 saturated carbocycles. The van der Waals surface area contributed by atoms with E-state index >= 15 is 0 Å². The van der Waals surface area contributed by atoms with Crippen molar-refractivity contribution >= 4 is 11.9 Å². The van der Waals surface area contributed by atoms with E-state index in [1.165, 1.54) is 7.11 Å². The highest BCUT2D eigenvalue weighted by Crippen LogP contribution is 2.28. The van der Waals surface area contributed by atoms with Crippen molar-refractivity contribution in [2.75, 3.05) is 13.7 Å². The molecule has 0 radical (unpaired) electrons. The standard InChI is InChI=1S/C9H14O4/c1-12-8(10)4-5-9(11)13-6-7-2-3-7/h7H,2-6H2,1H3. The first-order chi connectivity index (χ1) is 6.22. The fourth-order valence-corrected chi connectivity index (χ4v) is 0.874. The van der Waals surface area contributed by atoms with Crippen LogP contribution in [-0.2, 0) is 19.1 Å². The summed E-state index contributed by atoms with van der Waals surface area (Å²) in [6, 6.07) is 0. The number of carbonyl (C=O) groups is 2. The molecule has 0 spiro atoms. The Hall–Kier alpha value is -1.06. The van der Waals surface area contributed by atoms with Gasteiger partial charge in [-0.1, -0.05) is 0 Å². The van der Waals surface area contributed by atoms with E-state index in [0.717, 1.165) is 12.8 Å². The molecule has 0 aromatic rings. The van der Waals surface area contributed by atoms with Crippen molar-refractivity contribution in [3.05, 3.63) is 0 Å². The molecule has 13 heavy (non-hydrogen) atoms. The third-order valence-electron chi connectivity index (χ3n) is 1.94. The summed E-state index contributed by atoms with van der Waals surface area (Å²) < 4.78 is 9.31. The van der Waals surface area contributed by atoms with Crippen molar-refractivity contribution in [1.29, 1.82) is 0 Å². The second-order valence-electron chi connectivity index (χ2n) is 3.20. The van der Waals surface area contributed by atoms with Crippen molar-refractivity contribution in [2.45, 2.75) is 25.7 Å². The molecule has 0 amide bonds. The Morgan fingerprint density at radius 3 is 2.38 bits per heavy atom. The molecule has 1 rings (SSSR count). The third kappa shape index (κ3) is 4.50. The predicted molar refractivity (Wildman–Crippen MR) is 44.9 cm³/mol. The number of hydrogen-bond donors (Lipinski definition) is 0. The third-order valence-corrected chi connectivity index (χ3v) is 1.94. The van der Waals surface area contributed by atoms with Gasteiger partial charge in [0, 0.05) is 0 Å². The molecule has 1 aliphatic carbocycles. The molecular weight excluding hydrogens is 172 g/mol. The first-order valence-corrected chi connectivity index (χ1v) is 4.45. The van der Waals surface area contributed by atoms with Gasteiger partial charge in [-0.25, -0.2) is 0 Å². The summed E-state index contributed by atoms with van der Waals surface area (Å²) in [6.45, 7) is 0.514. The molecule has 0 bridgehead atoms. The van der Waals surface area contributed by atoms with Gasteiger partial charge in [0.1, 0.15) is 0 Å². The monoisotopic (exact) mass is 186 g/mol. The van der Waals surface area contributed by atoms with E-state index in [1.54, 1.807) is 0 Å². The first-order valence-electron chi connectivity index (χ1n) is 4.45. The molecule has 0 aromatic carbocycles. The maximum absolute atomic E-state index is 11.0. The van der Waals surface area contributed by atoms with Crippen LogP contribution in [0.15, 0.2) is 0 Å². The number of rotatable bonds is 5. The zero-order valence-corrected chi connectivity index (χ0v) is 7.75. The van der Waals surface area contributed by atoms with Gasteiger partial charge in [0.05, 0.1) is 26.6 Å². The van der Waals surface area contributed by atoms with Crippen LogP contribution in [0, 0.1) is 5.92 Å². The van der Waals surface area contributed by atoms with Crippen molar-refractivity contribution in [3.8, 4) is 0 Å². The maximum Gasteiger partial charge on any atom is 0.306 e. The van der Waals surface area contributed by atoms with Gasteiger partial charge in [0.2, 0.25) is 0 Å². The van der Waals surface area contributed by atoms with Gasteiger partial charge in [-0.05, 0) is 18.8 Å². The minimum absolute atomic E-state index is 0.111. The SMILES string of the molecule is COC(=O)CCC(=O)OCC1CC1. The number of esters is 2. The van der Waals surface area contributed by atoms with Crippen LogP contribution in [0.1, 0.15) is 25.7 Å².